The number of hydrogen-bond acceptors (Lipinski definition) is 2. The first kappa shape index (κ1) is 18.2. The molecule has 1 rings (SSSR count). The molecule has 0 atom stereocenters. The van der Waals surface area contributed by atoms with Crippen molar-refractivity contribution in [3.05, 3.63) is 29.8 Å². The topological polar surface area (TPSA) is 46.2 Å². The van der Waals surface area contributed by atoms with Crippen LogP contribution in [0.25, 0.3) is 0 Å². The predicted molar refractivity (Wildman–Crippen MR) is 88.9 cm³/mol. The molecule has 3 nitrogen and oxygen atoms in total. The quantitative estimate of drug-likeness (QED) is 0.827. The molecule has 0 saturated carbocycles. The molecule has 0 amide bonds. The second-order valence-corrected chi connectivity index (χ2v) is 8.49. The highest BCUT2D eigenvalue weighted by atomic mass is 32.2. The van der Waals surface area contributed by atoms with E-state index in [1.165, 1.54) is 0 Å². The molecule has 0 fully saturated rings. The average Bonchev–Trinajstić information content (AvgIpc) is 2.38. The molecule has 0 bridgehead atoms. The summed E-state index contributed by atoms with van der Waals surface area (Å²) < 4.78 is 27.5. The van der Waals surface area contributed by atoms with Crippen LogP contribution in [0, 0.1) is 17.8 Å². The first-order valence-electron chi connectivity index (χ1n) is 7.74. The van der Waals surface area contributed by atoms with Gasteiger partial charge in [0.1, 0.15) is 0 Å². The van der Waals surface area contributed by atoms with E-state index in [4.69, 9.17) is 0 Å². The molecule has 0 heterocycles. The Balaban J connectivity index is 2.82. The highest BCUT2D eigenvalue weighted by Crippen LogP contribution is 2.21. The smallest absolute Gasteiger partial charge is 0.211 e. The van der Waals surface area contributed by atoms with Gasteiger partial charge < -0.3 is 0 Å². The molecule has 0 aliphatic rings. The molecule has 1 aromatic rings. The van der Waals surface area contributed by atoms with Crippen molar-refractivity contribution in [2.45, 2.75) is 52.4 Å². The molecular formula is C17H29NO2S. The van der Waals surface area contributed by atoms with E-state index in [0.29, 0.717) is 35.1 Å². The second kappa shape index (κ2) is 7.41. The lowest BCUT2D eigenvalue weighted by Crippen LogP contribution is -2.33. The van der Waals surface area contributed by atoms with E-state index in [1.807, 2.05) is 12.1 Å². The lowest BCUT2D eigenvalue weighted by atomic mass is 9.86. The highest BCUT2D eigenvalue weighted by molar-refractivity contribution is 7.89. The van der Waals surface area contributed by atoms with Crippen LogP contribution in [0.4, 0.5) is 0 Å². The summed E-state index contributed by atoms with van der Waals surface area (Å²) in [5, 5.41) is 0. The van der Waals surface area contributed by atoms with Crippen molar-refractivity contribution >= 4 is 10.0 Å². The average molecular weight is 311 g/mol. The molecule has 0 aromatic heterocycles. The van der Waals surface area contributed by atoms with Gasteiger partial charge in [-0.05, 0) is 41.4 Å². The van der Waals surface area contributed by atoms with Gasteiger partial charge in [-0.15, -0.1) is 0 Å². The Morgan fingerprint density at radius 1 is 0.905 bits per heavy atom. The third-order valence-electron chi connectivity index (χ3n) is 4.08. The largest absolute Gasteiger partial charge is 0.240 e. The maximum absolute atomic E-state index is 12.4. The summed E-state index contributed by atoms with van der Waals surface area (Å²) in [5.41, 5.74) is 1.15. The van der Waals surface area contributed by atoms with Gasteiger partial charge in [0.15, 0.2) is 0 Å². The number of hydrogen-bond donors (Lipinski definition) is 1. The van der Waals surface area contributed by atoms with Crippen LogP contribution in [-0.4, -0.2) is 15.0 Å². The van der Waals surface area contributed by atoms with Crippen LogP contribution in [0.1, 0.15) is 53.0 Å². The minimum Gasteiger partial charge on any atom is -0.211 e. The molecule has 0 radical (unpaired) electrons. The van der Waals surface area contributed by atoms with Crippen molar-refractivity contribution in [2.24, 2.45) is 17.8 Å². The Morgan fingerprint density at radius 2 is 1.38 bits per heavy atom. The first-order valence-corrected chi connectivity index (χ1v) is 9.23. The fraction of sp³-hybridized carbons (Fsp3) is 0.647. The minimum absolute atomic E-state index is 0.342. The second-order valence-electron chi connectivity index (χ2n) is 6.73. The van der Waals surface area contributed by atoms with Gasteiger partial charge in [-0.2, -0.15) is 0 Å². The standard InChI is InChI=1S/C17H29NO2S/c1-12(2)15-7-9-16(10-8-15)21(19,20)18-11-17(13(3)4)14(5)6/h7-10,12-14,17-18H,11H2,1-6H3. The highest BCUT2D eigenvalue weighted by Gasteiger charge is 2.21. The lowest BCUT2D eigenvalue weighted by molar-refractivity contribution is 0.289. The molecule has 0 aliphatic heterocycles. The van der Waals surface area contributed by atoms with Gasteiger partial charge in [-0.25, -0.2) is 13.1 Å². The third-order valence-corrected chi connectivity index (χ3v) is 5.52. The van der Waals surface area contributed by atoms with Crippen LogP contribution in [-0.2, 0) is 10.0 Å². The Bertz CT molecular complexity index is 522. The monoisotopic (exact) mass is 311 g/mol. The van der Waals surface area contributed by atoms with Crippen molar-refractivity contribution in [2.75, 3.05) is 6.54 Å². The normalized spacial score (nSPS) is 12.9. The van der Waals surface area contributed by atoms with Gasteiger partial charge in [-0.3, -0.25) is 0 Å². The van der Waals surface area contributed by atoms with Gasteiger partial charge in [0.25, 0.3) is 0 Å². The Labute approximate surface area is 130 Å². The molecule has 0 spiro atoms. The molecule has 0 aliphatic carbocycles. The van der Waals surface area contributed by atoms with Crippen LogP contribution in [0.2, 0.25) is 0 Å². The maximum atomic E-state index is 12.4. The summed E-state index contributed by atoms with van der Waals surface area (Å²) in [7, 11) is -3.41. The zero-order chi connectivity index (χ0) is 16.2. The summed E-state index contributed by atoms with van der Waals surface area (Å²) in [5.74, 6) is 1.66. The Hall–Kier alpha value is -0.870. The van der Waals surface area contributed by atoms with E-state index in [9.17, 15) is 8.42 Å². The molecule has 1 aromatic carbocycles. The van der Waals surface area contributed by atoms with Crippen molar-refractivity contribution in [1.82, 2.24) is 4.72 Å². The fourth-order valence-corrected chi connectivity index (χ4v) is 3.64. The summed E-state index contributed by atoms with van der Waals surface area (Å²) in [6.07, 6.45) is 0. The molecule has 120 valence electrons. The van der Waals surface area contributed by atoms with Gasteiger partial charge in [0, 0.05) is 6.54 Å². The fourth-order valence-electron chi connectivity index (χ4n) is 2.56. The van der Waals surface area contributed by atoms with E-state index in [0.717, 1.165) is 5.56 Å². The summed E-state index contributed by atoms with van der Waals surface area (Å²) in [6.45, 7) is 13.2. The van der Waals surface area contributed by atoms with E-state index in [-0.39, 0.29) is 0 Å². The van der Waals surface area contributed by atoms with Crippen LogP contribution in [0.3, 0.4) is 0 Å². The molecule has 21 heavy (non-hydrogen) atoms. The zero-order valence-corrected chi connectivity index (χ0v) is 14.9. The summed E-state index contributed by atoms with van der Waals surface area (Å²) in [4.78, 5) is 0.346. The van der Waals surface area contributed by atoms with Gasteiger partial charge >= 0.3 is 0 Å². The lowest BCUT2D eigenvalue weighted by Gasteiger charge is -2.25. The van der Waals surface area contributed by atoms with Crippen molar-refractivity contribution in [3.8, 4) is 0 Å². The van der Waals surface area contributed by atoms with Crippen LogP contribution in [0.5, 0.6) is 0 Å². The van der Waals surface area contributed by atoms with Crippen molar-refractivity contribution < 1.29 is 8.42 Å². The third kappa shape index (κ3) is 5.11. The molecule has 1 N–H and O–H groups in total. The Morgan fingerprint density at radius 3 is 1.76 bits per heavy atom. The van der Waals surface area contributed by atoms with Gasteiger partial charge in [-0.1, -0.05) is 53.7 Å². The van der Waals surface area contributed by atoms with Gasteiger partial charge in [0.05, 0.1) is 4.90 Å². The van der Waals surface area contributed by atoms with E-state index >= 15 is 0 Å². The number of sulfonamides is 1. The van der Waals surface area contributed by atoms with Crippen molar-refractivity contribution in [3.63, 3.8) is 0 Å². The van der Waals surface area contributed by atoms with Crippen LogP contribution >= 0.6 is 0 Å². The molecule has 0 unspecified atom stereocenters. The number of nitrogens with one attached hydrogen (secondary N) is 1. The van der Waals surface area contributed by atoms with Crippen molar-refractivity contribution in [1.29, 1.82) is 0 Å². The summed E-state index contributed by atoms with van der Waals surface area (Å²) in [6, 6.07) is 7.16. The predicted octanol–water partition coefficient (Wildman–Crippen LogP) is 4.02. The number of rotatable bonds is 7. The SMILES string of the molecule is CC(C)c1ccc(S(=O)(=O)NCC(C(C)C)C(C)C)cc1. The number of benzene rings is 1. The van der Waals surface area contributed by atoms with E-state index in [2.05, 4.69) is 46.3 Å². The maximum Gasteiger partial charge on any atom is 0.240 e. The Kier molecular flexibility index (Phi) is 6.41. The van der Waals surface area contributed by atoms with Crippen LogP contribution in [0.15, 0.2) is 29.2 Å². The molecular weight excluding hydrogens is 282 g/mol. The zero-order valence-electron chi connectivity index (χ0n) is 14.1. The summed E-state index contributed by atoms with van der Waals surface area (Å²) >= 11 is 0. The first-order chi connectivity index (χ1) is 9.65. The molecule has 4 heteroatoms. The van der Waals surface area contributed by atoms with E-state index in [1.54, 1.807) is 12.1 Å². The van der Waals surface area contributed by atoms with E-state index < -0.39 is 10.0 Å². The van der Waals surface area contributed by atoms with Gasteiger partial charge in [0.2, 0.25) is 10.0 Å². The van der Waals surface area contributed by atoms with Crippen LogP contribution < -0.4 is 4.72 Å². The minimum atomic E-state index is -3.41. The molecule has 0 saturated heterocycles.